The Morgan fingerprint density at radius 3 is 2.54 bits per heavy atom. The summed E-state index contributed by atoms with van der Waals surface area (Å²) < 4.78 is 25.0. The quantitative estimate of drug-likeness (QED) is 0.402. The summed E-state index contributed by atoms with van der Waals surface area (Å²) in [6.45, 7) is 0.189. The highest BCUT2D eigenvalue weighted by Gasteiger charge is 2.45. The smallest absolute Gasteiger partial charge is 0.254 e. The molecule has 0 bridgehead atoms. The van der Waals surface area contributed by atoms with Crippen LogP contribution in [0.2, 0.25) is 0 Å². The van der Waals surface area contributed by atoms with Crippen LogP contribution in [0, 0.1) is 5.82 Å². The number of hydrogen-bond donors (Lipinski definition) is 1. The molecule has 0 aliphatic carbocycles. The highest BCUT2D eigenvalue weighted by atomic mass is 32.3. The molecule has 2 aromatic carbocycles. The third-order valence-corrected chi connectivity index (χ3v) is 8.33. The summed E-state index contributed by atoms with van der Waals surface area (Å²) in [5, 5.41) is 0. The van der Waals surface area contributed by atoms with Crippen LogP contribution in [-0.4, -0.2) is 67.4 Å². The number of ether oxygens (including phenoxy) is 2. The molecule has 3 rings (SSSR count). The van der Waals surface area contributed by atoms with Crippen LogP contribution in [0.25, 0.3) is 0 Å². The van der Waals surface area contributed by atoms with E-state index in [0.717, 1.165) is 12.2 Å². The van der Waals surface area contributed by atoms with E-state index in [1.807, 2.05) is 0 Å². The van der Waals surface area contributed by atoms with Crippen molar-refractivity contribution in [2.45, 2.75) is 44.3 Å². The summed E-state index contributed by atoms with van der Waals surface area (Å²) in [4.78, 5) is 39.9. The first-order valence-corrected chi connectivity index (χ1v) is 15.2. The number of nitrogens with zero attached hydrogens (tertiary/aromatic N) is 1. The minimum atomic E-state index is -1.32. The van der Waals surface area contributed by atoms with Crippen LogP contribution in [0.15, 0.2) is 36.4 Å². The van der Waals surface area contributed by atoms with E-state index >= 15 is 0 Å². The van der Waals surface area contributed by atoms with E-state index in [0.29, 0.717) is 28.9 Å². The van der Waals surface area contributed by atoms with Gasteiger partial charge in [-0.15, -0.1) is 0 Å². The number of carbonyl (C=O) groups excluding carboxylic acids is 3. The first kappa shape index (κ1) is 28.6. The lowest BCUT2D eigenvalue weighted by Crippen LogP contribution is -2.58. The molecule has 0 fully saturated rings. The molecule has 1 heterocycles. The zero-order chi connectivity index (χ0) is 27.4. The summed E-state index contributed by atoms with van der Waals surface area (Å²) in [6.07, 6.45) is 8.24. The molecule has 2 amide bonds. The number of benzene rings is 2. The molecule has 0 aromatic heterocycles. The Balaban J connectivity index is 1.72. The summed E-state index contributed by atoms with van der Waals surface area (Å²) >= 11 is 0. The van der Waals surface area contributed by atoms with Gasteiger partial charge in [0.1, 0.15) is 26.0 Å². The van der Waals surface area contributed by atoms with Gasteiger partial charge in [-0.05, 0) is 66.7 Å². The van der Waals surface area contributed by atoms with Crippen molar-refractivity contribution >= 4 is 35.5 Å². The normalized spacial score (nSPS) is 15.2. The Morgan fingerprint density at radius 1 is 1.19 bits per heavy atom. The summed E-state index contributed by atoms with van der Waals surface area (Å²) in [7, 11) is 2.40. The van der Waals surface area contributed by atoms with E-state index in [1.54, 1.807) is 32.1 Å². The first-order valence-electron chi connectivity index (χ1n) is 12.2. The molecule has 0 spiro atoms. The number of amides is 2. The largest absolute Gasteiger partial charge is 0.497 e. The predicted molar refractivity (Wildman–Crippen MR) is 148 cm³/mol. The van der Waals surface area contributed by atoms with Gasteiger partial charge in [-0.2, -0.15) is 0 Å². The molecule has 0 saturated carbocycles. The van der Waals surface area contributed by atoms with E-state index in [1.165, 1.54) is 24.1 Å². The minimum absolute atomic E-state index is 0.0368. The number of rotatable bonds is 13. The Labute approximate surface area is 220 Å². The molecule has 0 saturated heterocycles. The number of carbonyl (C=O) groups is 3. The van der Waals surface area contributed by atoms with Gasteiger partial charge in [0, 0.05) is 31.0 Å². The van der Waals surface area contributed by atoms with Gasteiger partial charge >= 0.3 is 0 Å². The summed E-state index contributed by atoms with van der Waals surface area (Å²) in [5.74, 6) is -0.0113. The third kappa shape index (κ3) is 6.86. The highest BCUT2D eigenvalue weighted by molar-refractivity contribution is 8.32. The number of fused-ring (bicyclic) bond motifs is 1. The first-order chi connectivity index (χ1) is 17.4. The Kier molecular flexibility index (Phi) is 8.94. The van der Waals surface area contributed by atoms with Crippen LogP contribution in [0.4, 0.5) is 4.39 Å². The van der Waals surface area contributed by atoms with Crippen LogP contribution in [0.1, 0.15) is 47.2 Å². The molecule has 1 aliphatic rings. The van der Waals surface area contributed by atoms with Crippen LogP contribution in [0.5, 0.6) is 11.5 Å². The van der Waals surface area contributed by atoms with Crippen molar-refractivity contribution in [2.24, 2.45) is 5.73 Å². The maximum absolute atomic E-state index is 14.3. The molecule has 1 unspecified atom stereocenters. The molecule has 1 atom stereocenters. The molecule has 1 aliphatic heterocycles. The van der Waals surface area contributed by atoms with E-state index in [-0.39, 0.29) is 43.4 Å². The van der Waals surface area contributed by atoms with Gasteiger partial charge in [-0.1, -0.05) is 12.1 Å². The average molecular weight is 530 g/mol. The third-order valence-electron chi connectivity index (χ3n) is 6.82. The van der Waals surface area contributed by atoms with E-state index < -0.39 is 27.2 Å². The fourth-order valence-corrected chi connectivity index (χ4v) is 5.42. The number of methoxy groups -OCH3 is 1. The molecule has 0 radical (unpaired) electrons. The van der Waals surface area contributed by atoms with Crippen LogP contribution in [0.3, 0.4) is 0 Å². The second-order valence-electron chi connectivity index (χ2n) is 10.5. The van der Waals surface area contributed by atoms with Crippen molar-refractivity contribution < 1.29 is 28.2 Å². The van der Waals surface area contributed by atoms with Crippen LogP contribution in [-0.2, 0) is 22.7 Å². The number of primary amides is 1. The molecule has 7 nitrogen and oxygen atoms in total. The minimum Gasteiger partial charge on any atom is -0.497 e. The maximum Gasteiger partial charge on any atom is 0.254 e. The number of ketones is 1. The molecule has 2 N–H and O–H groups in total. The fourth-order valence-electron chi connectivity index (χ4n) is 4.41. The van der Waals surface area contributed by atoms with Gasteiger partial charge in [0.2, 0.25) is 5.91 Å². The van der Waals surface area contributed by atoms with Crippen molar-refractivity contribution in [2.75, 3.05) is 31.6 Å². The maximum atomic E-state index is 14.3. The fraction of sp³-hybridized carbons (Fsp3) is 0.444. The van der Waals surface area contributed by atoms with Crippen molar-refractivity contribution in [3.05, 3.63) is 58.9 Å². The Hall–Kier alpha value is -3.01. The van der Waals surface area contributed by atoms with Crippen molar-refractivity contribution in [3.8, 4) is 11.5 Å². The van der Waals surface area contributed by atoms with Crippen molar-refractivity contribution in [3.63, 3.8) is 0 Å². The molecule has 10 heteroatoms. The standard InChI is InChI=1S/C27H36BFN2O5S/c1-35-20-10-11-24(23(29)15-20)36-17-18-7-5-9-21-22(18)16-31(25(21)33)27(28,26(30)34)13-12-19(32)8-6-14-37(2,3)4/h5,7,9-11,15H,6,8,12-14,16-17,28H2,1-4H3,(H2,30,34). The zero-order valence-electron chi connectivity index (χ0n) is 22.3. The number of nitrogens with two attached hydrogens (primary N) is 1. The lowest BCUT2D eigenvalue weighted by Gasteiger charge is -2.36. The predicted octanol–water partition coefficient (Wildman–Crippen LogP) is 3.01. The van der Waals surface area contributed by atoms with Crippen molar-refractivity contribution in [1.29, 1.82) is 0 Å². The van der Waals surface area contributed by atoms with Gasteiger partial charge in [0.15, 0.2) is 11.6 Å². The summed E-state index contributed by atoms with van der Waals surface area (Å²) in [6, 6.07) is 9.54. The Morgan fingerprint density at radius 2 is 1.92 bits per heavy atom. The number of Topliss-reactive ketones (excluding diaryl/α,β-unsaturated/α-hetero) is 1. The van der Waals surface area contributed by atoms with Crippen molar-refractivity contribution in [1.82, 2.24) is 4.90 Å². The molecular weight excluding hydrogens is 494 g/mol. The van der Waals surface area contributed by atoms with E-state index in [4.69, 9.17) is 15.2 Å². The van der Waals surface area contributed by atoms with Gasteiger partial charge < -0.3 is 20.1 Å². The second-order valence-corrected chi connectivity index (χ2v) is 15.1. The summed E-state index contributed by atoms with van der Waals surface area (Å²) in [5.41, 5.74) is 6.32. The van der Waals surface area contributed by atoms with Gasteiger partial charge in [0.25, 0.3) is 5.91 Å². The van der Waals surface area contributed by atoms with Crippen LogP contribution < -0.4 is 15.2 Å². The van der Waals surface area contributed by atoms with Gasteiger partial charge in [0.05, 0.1) is 12.5 Å². The monoisotopic (exact) mass is 530 g/mol. The average Bonchev–Trinajstić information content (AvgIpc) is 3.18. The second kappa shape index (κ2) is 11.6. The highest BCUT2D eigenvalue weighted by Crippen LogP contribution is 2.36. The topological polar surface area (TPSA) is 98.9 Å². The zero-order valence-corrected chi connectivity index (χ0v) is 23.1. The lowest BCUT2D eigenvalue weighted by molar-refractivity contribution is -0.125. The molecule has 2 aromatic rings. The van der Waals surface area contributed by atoms with E-state index in [2.05, 4.69) is 18.8 Å². The Bertz CT molecular complexity index is 1190. The van der Waals surface area contributed by atoms with E-state index in [9.17, 15) is 18.8 Å². The number of halogens is 1. The van der Waals surface area contributed by atoms with Crippen LogP contribution >= 0.6 is 10.0 Å². The SMILES string of the molecule is BC(CCC(=O)CCCS(C)(C)C)(C(N)=O)N1Cc2c(COc3ccc(OC)cc3F)cccc2C1=O. The van der Waals surface area contributed by atoms with Gasteiger partial charge in [-0.3, -0.25) is 14.4 Å². The molecule has 200 valence electrons. The number of hydrogen-bond acceptors (Lipinski definition) is 5. The molecule has 37 heavy (non-hydrogen) atoms. The lowest BCUT2D eigenvalue weighted by atomic mass is 9.71. The molecular formula is C27H36BFN2O5S. The van der Waals surface area contributed by atoms with Gasteiger partial charge in [-0.25, -0.2) is 14.4 Å².